The smallest absolute Gasteiger partial charge is 0.0565 e. The lowest BCUT2D eigenvalue weighted by molar-refractivity contribution is 0.897. The van der Waals surface area contributed by atoms with Gasteiger partial charge in [-0.05, 0) is 34.6 Å². The van der Waals surface area contributed by atoms with Gasteiger partial charge >= 0.3 is 0 Å². The van der Waals surface area contributed by atoms with Gasteiger partial charge in [0.15, 0.2) is 0 Å². The highest BCUT2D eigenvalue weighted by Gasteiger charge is 2.12. The van der Waals surface area contributed by atoms with Gasteiger partial charge in [0.2, 0.25) is 0 Å². The van der Waals surface area contributed by atoms with Crippen molar-refractivity contribution in [2.24, 2.45) is 4.99 Å². The Morgan fingerprint density at radius 1 is 1.82 bits per heavy atom. The summed E-state index contributed by atoms with van der Waals surface area (Å²) in [7, 11) is 1.78. The first-order chi connectivity index (χ1) is 5.25. The Labute approximate surface area is 80.6 Å². The van der Waals surface area contributed by atoms with E-state index in [1.54, 1.807) is 7.05 Å². The second kappa shape index (κ2) is 3.90. The van der Waals surface area contributed by atoms with Crippen molar-refractivity contribution in [3.8, 4) is 0 Å². The average molecular weight is 262 g/mol. The standard InChI is InChI=1S/C8H11IN2/c1-6(9)7-3-4-11-8(7)5-10-2/h5,11H,1,3-4H2,2H3. The van der Waals surface area contributed by atoms with Gasteiger partial charge in [0.1, 0.15) is 0 Å². The molecule has 1 aliphatic heterocycles. The zero-order valence-electron chi connectivity index (χ0n) is 6.52. The van der Waals surface area contributed by atoms with E-state index in [4.69, 9.17) is 0 Å². The molecule has 3 heteroatoms. The number of halogens is 1. The van der Waals surface area contributed by atoms with Gasteiger partial charge in [-0.15, -0.1) is 0 Å². The Morgan fingerprint density at radius 3 is 3.09 bits per heavy atom. The maximum atomic E-state index is 3.96. The Hall–Kier alpha value is -0.320. The number of allylic oxidation sites excluding steroid dienone is 2. The van der Waals surface area contributed by atoms with E-state index in [1.807, 2.05) is 6.21 Å². The number of rotatable bonds is 2. The van der Waals surface area contributed by atoms with Crippen molar-refractivity contribution >= 4 is 28.8 Å². The molecule has 2 nitrogen and oxygen atoms in total. The molecule has 0 radical (unpaired) electrons. The molecule has 0 aliphatic carbocycles. The number of hydrogen-bond acceptors (Lipinski definition) is 2. The largest absolute Gasteiger partial charge is 0.383 e. The summed E-state index contributed by atoms with van der Waals surface area (Å²) >= 11 is 2.25. The van der Waals surface area contributed by atoms with Crippen molar-refractivity contribution in [2.75, 3.05) is 13.6 Å². The van der Waals surface area contributed by atoms with E-state index in [2.05, 4.69) is 39.5 Å². The van der Waals surface area contributed by atoms with Crippen molar-refractivity contribution in [2.45, 2.75) is 6.42 Å². The van der Waals surface area contributed by atoms with Crippen LogP contribution in [0, 0.1) is 0 Å². The molecule has 0 aromatic carbocycles. The molecule has 11 heavy (non-hydrogen) atoms. The average Bonchev–Trinajstić information content (AvgIpc) is 2.36. The van der Waals surface area contributed by atoms with E-state index in [1.165, 1.54) is 5.57 Å². The molecule has 0 aromatic rings. The fraction of sp³-hybridized carbons (Fsp3) is 0.375. The van der Waals surface area contributed by atoms with Crippen LogP contribution >= 0.6 is 22.6 Å². The Balaban J connectivity index is 2.86. The predicted molar refractivity (Wildman–Crippen MR) is 57.2 cm³/mol. The summed E-state index contributed by atoms with van der Waals surface area (Å²) in [4.78, 5) is 3.96. The quantitative estimate of drug-likeness (QED) is 0.596. The molecule has 60 valence electrons. The molecule has 1 N–H and O–H groups in total. The summed E-state index contributed by atoms with van der Waals surface area (Å²) in [6, 6.07) is 0. The number of nitrogens with zero attached hydrogens (tertiary/aromatic N) is 1. The molecule has 0 fully saturated rings. The molecule has 0 atom stereocenters. The van der Waals surface area contributed by atoms with E-state index in [0.717, 1.165) is 22.2 Å². The molecular formula is C8H11IN2. The van der Waals surface area contributed by atoms with Crippen LogP contribution in [0.1, 0.15) is 6.42 Å². The predicted octanol–water partition coefficient (Wildman–Crippen LogP) is 1.88. The molecule has 0 saturated heterocycles. The minimum absolute atomic E-state index is 1.01. The highest BCUT2D eigenvalue weighted by Crippen LogP contribution is 2.24. The van der Waals surface area contributed by atoms with Crippen LogP contribution in [-0.2, 0) is 0 Å². The third-order valence-electron chi connectivity index (χ3n) is 1.60. The zero-order valence-corrected chi connectivity index (χ0v) is 8.68. The molecular weight excluding hydrogens is 251 g/mol. The van der Waals surface area contributed by atoms with Crippen LogP contribution in [0.25, 0.3) is 0 Å². The van der Waals surface area contributed by atoms with Crippen LogP contribution in [0.2, 0.25) is 0 Å². The van der Waals surface area contributed by atoms with Crippen LogP contribution in [0.15, 0.2) is 26.4 Å². The van der Waals surface area contributed by atoms with Crippen LogP contribution in [0.4, 0.5) is 0 Å². The van der Waals surface area contributed by atoms with Gasteiger partial charge in [-0.1, -0.05) is 6.58 Å². The Morgan fingerprint density at radius 2 is 2.55 bits per heavy atom. The molecule has 1 heterocycles. The molecule has 0 amide bonds. The number of aliphatic imine (C=N–C) groups is 1. The van der Waals surface area contributed by atoms with Crippen LogP contribution < -0.4 is 5.32 Å². The fourth-order valence-electron chi connectivity index (χ4n) is 1.10. The second-order valence-electron chi connectivity index (χ2n) is 2.36. The van der Waals surface area contributed by atoms with Crippen LogP contribution in [0.3, 0.4) is 0 Å². The van der Waals surface area contributed by atoms with E-state index >= 15 is 0 Å². The van der Waals surface area contributed by atoms with Crippen molar-refractivity contribution < 1.29 is 0 Å². The van der Waals surface area contributed by atoms with Crippen LogP contribution in [0.5, 0.6) is 0 Å². The van der Waals surface area contributed by atoms with Crippen molar-refractivity contribution in [1.82, 2.24) is 5.32 Å². The maximum absolute atomic E-state index is 3.96. The first-order valence-corrected chi connectivity index (χ1v) is 4.57. The summed E-state index contributed by atoms with van der Waals surface area (Å²) in [5.41, 5.74) is 2.43. The highest BCUT2D eigenvalue weighted by molar-refractivity contribution is 14.1. The van der Waals surface area contributed by atoms with Crippen molar-refractivity contribution in [3.05, 3.63) is 21.4 Å². The molecule has 0 saturated carbocycles. The lowest BCUT2D eigenvalue weighted by Crippen LogP contribution is -2.07. The lowest BCUT2D eigenvalue weighted by Gasteiger charge is -1.98. The number of hydrogen-bond donors (Lipinski definition) is 1. The molecule has 0 aromatic heterocycles. The van der Waals surface area contributed by atoms with Gasteiger partial charge in [0.05, 0.1) is 5.70 Å². The zero-order chi connectivity index (χ0) is 8.27. The summed E-state index contributed by atoms with van der Waals surface area (Å²) < 4.78 is 1.11. The van der Waals surface area contributed by atoms with E-state index in [-0.39, 0.29) is 0 Å². The first-order valence-electron chi connectivity index (χ1n) is 3.49. The fourth-order valence-corrected chi connectivity index (χ4v) is 1.66. The van der Waals surface area contributed by atoms with Gasteiger partial charge in [-0.3, -0.25) is 4.99 Å². The van der Waals surface area contributed by atoms with Gasteiger partial charge in [-0.25, -0.2) is 0 Å². The third kappa shape index (κ3) is 2.05. The van der Waals surface area contributed by atoms with E-state index in [0.29, 0.717) is 0 Å². The normalized spacial score (nSPS) is 17.6. The molecule has 1 aliphatic rings. The minimum Gasteiger partial charge on any atom is -0.383 e. The summed E-state index contributed by atoms with van der Waals surface area (Å²) in [5.74, 6) is 0. The summed E-state index contributed by atoms with van der Waals surface area (Å²) in [6.45, 7) is 4.91. The summed E-state index contributed by atoms with van der Waals surface area (Å²) in [5, 5.41) is 3.25. The second-order valence-corrected chi connectivity index (χ2v) is 3.66. The van der Waals surface area contributed by atoms with Crippen LogP contribution in [-0.4, -0.2) is 19.8 Å². The highest BCUT2D eigenvalue weighted by atomic mass is 127. The first kappa shape index (κ1) is 8.77. The maximum Gasteiger partial charge on any atom is 0.0565 e. The van der Waals surface area contributed by atoms with E-state index < -0.39 is 0 Å². The lowest BCUT2D eigenvalue weighted by atomic mass is 10.2. The van der Waals surface area contributed by atoms with Gasteiger partial charge in [0.25, 0.3) is 0 Å². The molecule has 0 spiro atoms. The minimum atomic E-state index is 1.01. The Kier molecular flexibility index (Phi) is 3.11. The van der Waals surface area contributed by atoms with Crippen molar-refractivity contribution in [3.63, 3.8) is 0 Å². The number of nitrogens with one attached hydrogen (secondary N) is 1. The van der Waals surface area contributed by atoms with Gasteiger partial charge in [0, 0.05) is 23.4 Å². The summed E-state index contributed by atoms with van der Waals surface area (Å²) in [6.07, 6.45) is 2.93. The SMILES string of the molecule is C=C(I)C1=C(C=NC)NCC1. The van der Waals surface area contributed by atoms with Gasteiger partial charge < -0.3 is 5.32 Å². The Bertz CT molecular complexity index is 228. The third-order valence-corrected chi connectivity index (χ3v) is 2.25. The topological polar surface area (TPSA) is 24.4 Å². The molecule has 0 unspecified atom stereocenters. The molecule has 1 rings (SSSR count). The molecule has 0 bridgehead atoms. The van der Waals surface area contributed by atoms with Gasteiger partial charge in [-0.2, -0.15) is 0 Å². The monoisotopic (exact) mass is 262 g/mol. The van der Waals surface area contributed by atoms with E-state index in [9.17, 15) is 0 Å². The van der Waals surface area contributed by atoms with Crippen molar-refractivity contribution in [1.29, 1.82) is 0 Å².